The molecule has 3 atom stereocenters. The number of halogens is 1. The maximum atomic E-state index is 13.3. The molecule has 2 aliphatic heterocycles. The molecule has 0 bridgehead atoms. The molecule has 1 aliphatic carbocycles. The SMILES string of the molecule is CC1=NC2=C(C(=O)CC(C)(C)C2)[C@H](c2ccccc2Br)C1C(=O)OC[C@H]1CCCO1. The van der Waals surface area contributed by atoms with E-state index in [2.05, 4.69) is 29.8 Å². The molecule has 160 valence electrons. The van der Waals surface area contributed by atoms with Gasteiger partial charge in [-0.15, -0.1) is 0 Å². The normalized spacial score (nSPS) is 28.2. The molecule has 1 aromatic carbocycles. The monoisotopic (exact) mass is 473 g/mol. The van der Waals surface area contributed by atoms with Crippen molar-refractivity contribution in [2.45, 2.75) is 58.5 Å². The van der Waals surface area contributed by atoms with Crippen molar-refractivity contribution < 1.29 is 19.1 Å². The lowest BCUT2D eigenvalue weighted by molar-refractivity contribution is -0.149. The molecule has 30 heavy (non-hydrogen) atoms. The maximum absolute atomic E-state index is 13.3. The Morgan fingerprint density at radius 3 is 2.77 bits per heavy atom. The minimum atomic E-state index is -0.617. The molecular formula is C24H28BrNO4. The average Bonchev–Trinajstić information content (AvgIpc) is 3.18. The summed E-state index contributed by atoms with van der Waals surface area (Å²) in [5.41, 5.74) is 2.98. The van der Waals surface area contributed by atoms with Gasteiger partial charge in [0.2, 0.25) is 0 Å². The molecule has 0 saturated carbocycles. The number of ether oxygens (including phenoxy) is 2. The Balaban J connectivity index is 1.73. The summed E-state index contributed by atoms with van der Waals surface area (Å²) < 4.78 is 12.2. The lowest BCUT2D eigenvalue weighted by Gasteiger charge is -2.39. The molecule has 6 heteroatoms. The van der Waals surface area contributed by atoms with Crippen LogP contribution >= 0.6 is 15.9 Å². The summed E-state index contributed by atoms with van der Waals surface area (Å²) in [5, 5.41) is 0. The minimum Gasteiger partial charge on any atom is -0.462 e. The minimum absolute atomic E-state index is 0.0383. The molecule has 1 saturated heterocycles. The fraction of sp³-hybridized carbons (Fsp3) is 0.542. The fourth-order valence-corrected chi connectivity index (χ4v) is 5.39. The third kappa shape index (κ3) is 4.17. The number of esters is 1. The standard InChI is InChI=1S/C24H28BrNO4/c1-14-20(23(28)30-13-15-7-6-10-29-15)21(16-8-4-5-9-17(16)25)22-18(26-14)11-24(2,3)12-19(22)27/h4-5,8-9,15,20-21H,6-7,10-13H2,1-3H3/t15-,20?,21-/m1/s1. The molecule has 3 aliphatic rings. The summed E-state index contributed by atoms with van der Waals surface area (Å²) in [4.78, 5) is 31.3. The van der Waals surface area contributed by atoms with Crippen LogP contribution in [0.15, 0.2) is 45.0 Å². The van der Waals surface area contributed by atoms with E-state index in [0.717, 1.165) is 35.0 Å². The number of carbonyl (C=O) groups excluding carboxylic acids is 2. The fourth-order valence-electron chi connectivity index (χ4n) is 4.85. The van der Waals surface area contributed by atoms with Crippen LogP contribution in [0.3, 0.4) is 0 Å². The van der Waals surface area contributed by atoms with Crippen molar-refractivity contribution in [1.82, 2.24) is 0 Å². The molecule has 1 aromatic rings. The number of rotatable bonds is 4. The maximum Gasteiger partial charge on any atom is 0.315 e. The van der Waals surface area contributed by atoms with Crippen LogP contribution in [0.4, 0.5) is 0 Å². The van der Waals surface area contributed by atoms with Crippen LogP contribution in [0.5, 0.6) is 0 Å². The van der Waals surface area contributed by atoms with Crippen LogP contribution < -0.4 is 0 Å². The number of benzene rings is 1. The van der Waals surface area contributed by atoms with Gasteiger partial charge >= 0.3 is 5.97 Å². The summed E-state index contributed by atoms with van der Waals surface area (Å²) in [6.07, 6.45) is 3.04. The zero-order valence-corrected chi connectivity index (χ0v) is 19.3. The third-order valence-electron chi connectivity index (χ3n) is 6.23. The Morgan fingerprint density at radius 1 is 1.30 bits per heavy atom. The van der Waals surface area contributed by atoms with Crippen LogP contribution in [-0.2, 0) is 19.1 Å². The van der Waals surface area contributed by atoms with Crippen molar-refractivity contribution in [1.29, 1.82) is 0 Å². The van der Waals surface area contributed by atoms with Gasteiger partial charge in [0.05, 0.1) is 6.10 Å². The second kappa shape index (κ2) is 8.39. The van der Waals surface area contributed by atoms with Gasteiger partial charge < -0.3 is 9.47 Å². The Hall–Kier alpha value is -1.79. The molecule has 1 fully saturated rings. The first-order valence-corrected chi connectivity index (χ1v) is 11.4. The lowest BCUT2D eigenvalue weighted by Crippen LogP contribution is -2.40. The van der Waals surface area contributed by atoms with E-state index < -0.39 is 11.8 Å². The number of hydrogen-bond donors (Lipinski definition) is 0. The highest BCUT2D eigenvalue weighted by Crippen LogP contribution is 2.49. The van der Waals surface area contributed by atoms with Crippen molar-refractivity contribution >= 4 is 33.4 Å². The number of allylic oxidation sites excluding steroid dienone is 2. The van der Waals surface area contributed by atoms with Crippen molar-refractivity contribution in [3.8, 4) is 0 Å². The van der Waals surface area contributed by atoms with E-state index in [1.807, 2.05) is 31.2 Å². The van der Waals surface area contributed by atoms with Gasteiger partial charge in [0.15, 0.2) is 5.78 Å². The zero-order chi connectivity index (χ0) is 21.5. The highest BCUT2D eigenvalue weighted by atomic mass is 79.9. The van der Waals surface area contributed by atoms with Gasteiger partial charge in [0, 0.05) is 40.4 Å². The Kier molecular flexibility index (Phi) is 5.99. The van der Waals surface area contributed by atoms with E-state index in [9.17, 15) is 9.59 Å². The first kappa shape index (κ1) is 21.4. The third-order valence-corrected chi connectivity index (χ3v) is 6.95. The first-order valence-electron chi connectivity index (χ1n) is 10.6. The van der Waals surface area contributed by atoms with Crippen LogP contribution in [0.25, 0.3) is 0 Å². The van der Waals surface area contributed by atoms with Gasteiger partial charge in [-0.1, -0.05) is 48.0 Å². The summed E-state index contributed by atoms with van der Waals surface area (Å²) in [7, 11) is 0. The highest BCUT2D eigenvalue weighted by Gasteiger charge is 2.46. The number of carbonyl (C=O) groups is 2. The number of ketones is 1. The van der Waals surface area contributed by atoms with Gasteiger partial charge in [-0.25, -0.2) is 0 Å². The van der Waals surface area contributed by atoms with Crippen LogP contribution in [-0.4, -0.2) is 36.8 Å². The highest BCUT2D eigenvalue weighted by molar-refractivity contribution is 9.10. The van der Waals surface area contributed by atoms with Crippen molar-refractivity contribution in [3.05, 3.63) is 45.6 Å². The second-order valence-electron chi connectivity index (χ2n) is 9.30. The number of nitrogens with zero attached hydrogens (tertiary/aromatic N) is 1. The molecule has 0 aromatic heterocycles. The van der Waals surface area contributed by atoms with Crippen molar-refractivity contribution in [3.63, 3.8) is 0 Å². The number of aliphatic imine (C=N–C) groups is 1. The van der Waals surface area contributed by atoms with Crippen LogP contribution in [0, 0.1) is 11.3 Å². The van der Waals surface area contributed by atoms with E-state index in [1.54, 1.807) is 0 Å². The lowest BCUT2D eigenvalue weighted by atomic mass is 9.67. The summed E-state index contributed by atoms with van der Waals surface area (Å²) >= 11 is 3.63. The summed E-state index contributed by atoms with van der Waals surface area (Å²) in [6.45, 7) is 7.02. The number of Topliss-reactive ketones (excluding diaryl/α,β-unsaturated/α-hetero) is 1. The first-order chi connectivity index (χ1) is 14.3. The molecule has 4 rings (SSSR count). The Morgan fingerprint density at radius 2 is 2.07 bits per heavy atom. The topological polar surface area (TPSA) is 65.0 Å². The molecule has 2 heterocycles. The summed E-state index contributed by atoms with van der Waals surface area (Å²) in [5.74, 6) is -1.27. The Labute approximate surface area is 186 Å². The molecular weight excluding hydrogens is 446 g/mol. The van der Waals surface area contributed by atoms with Gasteiger partial charge in [0.1, 0.15) is 12.5 Å². The smallest absolute Gasteiger partial charge is 0.315 e. The van der Waals surface area contributed by atoms with E-state index in [4.69, 9.17) is 14.5 Å². The molecule has 5 nitrogen and oxygen atoms in total. The van der Waals surface area contributed by atoms with Crippen LogP contribution in [0.1, 0.15) is 57.9 Å². The molecule has 0 amide bonds. The molecule has 1 unspecified atom stereocenters. The molecule has 0 N–H and O–H groups in total. The van der Waals surface area contributed by atoms with E-state index >= 15 is 0 Å². The number of hydrogen-bond acceptors (Lipinski definition) is 5. The quantitative estimate of drug-likeness (QED) is 0.577. The van der Waals surface area contributed by atoms with Crippen LogP contribution in [0.2, 0.25) is 0 Å². The summed E-state index contributed by atoms with van der Waals surface area (Å²) in [6, 6.07) is 7.80. The zero-order valence-electron chi connectivity index (χ0n) is 17.7. The van der Waals surface area contributed by atoms with Gasteiger partial charge in [0.25, 0.3) is 0 Å². The Bertz CT molecular complexity index is 927. The largest absolute Gasteiger partial charge is 0.462 e. The van der Waals surface area contributed by atoms with E-state index in [-0.39, 0.29) is 29.9 Å². The second-order valence-corrected chi connectivity index (χ2v) is 10.2. The molecule has 0 spiro atoms. The van der Waals surface area contributed by atoms with Gasteiger partial charge in [-0.05, 0) is 43.2 Å². The van der Waals surface area contributed by atoms with Crippen molar-refractivity contribution in [2.75, 3.05) is 13.2 Å². The van der Waals surface area contributed by atoms with E-state index in [0.29, 0.717) is 24.3 Å². The van der Waals surface area contributed by atoms with Crippen molar-refractivity contribution in [2.24, 2.45) is 16.3 Å². The van der Waals surface area contributed by atoms with Gasteiger partial charge in [-0.3, -0.25) is 14.6 Å². The predicted molar refractivity (Wildman–Crippen MR) is 118 cm³/mol. The van der Waals surface area contributed by atoms with Gasteiger partial charge in [-0.2, -0.15) is 0 Å². The molecule has 0 radical (unpaired) electrons. The average molecular weight is 474 g/mol. The predicted octanol–water partition coefficient (Wildman–Crippen LogP) is 4.99. The van der Waals surface area contributed by atoms with E-state index in [1.165, 1.54) is 0 Å².